The molecule has 1 fully saturated rings. The van der Waals surface area contributed by atoms with Gasteiger partial charge in [0.1, 0.15) is 29.5 Å². The van der Waals surface area contributed by atoms with E-state index in [1.54, 1.807) is 35.4 Å². The number of hydrogen-bond donors (Lipinski definition) is 2. The molecule has 1 aliphatic rings. The zero-order valence-corrected chi connectivity index (χ0v) is 19.2. The number of pyridine rings is 1. The molecular weight excluding hydrogens is 463 g/mol. The van der Waals surface area contributed by atoms with Crippen LogP contribution in [0.2, 0.25) is 10.0 Å². The normalized spacial score (nSPS) is 14.7. The van der Waals surface area contributed by atoms with E-state index in [0.717, 1.165) is 42.9 Å². The van der Waals surface area contributed by atoms with Crippen molar-refractivity contribution in [2.24, 2.45) is 0 Å². The van der Waals surface area contributed by atoms with Crippen LogP contribution in [0.25, 0.3) is 16.6 Å². The van der Waals surface area contributed by atoms with Crippen LogP contribution in [0.5, 0.6) is 0 Å². The summed E-state index contributed by atoms with van der Waals surface area (Å²) in [6.45, 7) is 4.34. The molecule has 170 valence electrons. The Morgan fingerprint density at radius 2 is 1.79 bits per heavy atom. The number of β-amino-alcohol motifs (C(OH)–C–C–N with tert-alkyl or cyclic N) is 1. The Morgan fingerprint density at radius 3 is 2.55 bits per heavy atom. The van der Waals surface area contributed by atoms with Gasteiger partial charge in [-0.05, 0) is 18.2 Å². The van der Waals surface area contributed by atoms with Crippen LogP contribution < -0.4 is 10.2 Å². The molecule has 0 saturated carbocycles. The number of aliphatic hydroxyl groups excluding tert-OH is 1. The molecule has 1 aromatic carbocycles. The lowest BCUT2D eigenvalue weighted by Gasteiger charge is -2.35. The number of rotatable bonds is 6. The van der Waals surface area contributed by atoms with Crippen LogP contribution in [0.15, 0.2) is 49.1 Å². The molecule has 3 aromatic heterocycles. The summed E-state index contributed by atoms with van der Waals surface area (Å²) in [6, 6.07) is 9.10. The fourth-order valence-corrected chi connectivity index (χ4v) is 4.49. The number of piperazine rings is 1. The van der Waals surface area contributed by atoms with Gasteiger partial charge in [-0.3, -0.25) is 4.90 Å². The maximum atomic E-state index is 9.14. The molecule has 0 unspecified atom stereocenters. The van der Waals surface area contributed by atoms with E-state index in [4.69, 9.17) is 28.3 Å². The summed E-state index contributed by atoms with van der Waals surface area (Å²) in [7, 11) is 0. The number of hydrogen-bond acceptors (Lipinski definition) is 8. The lowest BCUT2D eigenvalue weighted by Crippen LogP contribution is -2.47. The van der Waals surface area contributed by atoms with Crippen molar-refractivity contribution < 1.29 is 5.11 Å². The average molecular weight is 485 g/mol. The Morgan fingerprint density at radius 1 is 1.00 bits per heavy atom. The average Bonchev–Trinajstić information content (AvgIpc) is 3.25. The second-order valence-corrected chi connectivity index (χ2v) is 8.49. The minimum absolute atomic E-state index is 0.180. The molecule has 1 aliphatic heterocycles. The molecule has 5 rings (SSSR count). The van der Waals surface area contributed by atoms with Crippen LogP contribution >= 0.6 is 23.2 Å². The molecule has 0 atom stereocenters. The molecule has 0 amide bonds. The van der Waals surface area contributed by atoms with E-state index in [9.17, 15) is 0 Å². The summed E-state index contributed by atoms with van der Waals surface area (Å²) in [4.78, 5) is 17.8. The van der Waals surface area contributed by atoms with Gasteiger partial charge in [0.05, 0.1) is 27.6 Å². The van der Waals surface area contributed by atoms with Crippen molar-refractivity contribution in [2.45, 2.75) is 0 Å². The highest BCUT2D eigenvalue weighted by Gasteiger charge is 2.18. The van der Waals surface area contributed by atoms with Gasteiger partial charge in [0, 0.05) is 51.2 Å². The van der Waals surface area contributed by atoms with Crippen molar-refractivity contribution in [2.75, 3.05) is 49.5 Å². The lowest BCUT2D eigenvalue weighted by molar-refractivity contribution is 0.188. The molecule has 4 aromatic rings. The molecule has 11 heteroatoms. The van der Waals surface area contributed by atoms with Crippen LogP contribution in [-0.2, 0) is 0 Å². The number of anilines is 3. The van der Waals surface area contributed by atoms with Crippen LogP contribution in [0.4, 0.5) is 17.5 Å². The third kappa shape index (κ3) is 4.58. The molecule has 0 bridgehead atoms. The number of para-hydroxylation sites is 1. The van der Waals surface area contributed by atoms with Crippen molar-refractivity contribution >= 4 is 51.6 Å². The first-order valence-corrected chi connectivity index (χ1v) is 11.3. The molecule has 0 radical (unpaired) electrons. The summed E-state index contributed by atoms with van der Waals surface area (Å²) in [6.07, 6.45) is 5.09. The number of benzene rings is 1. The Kier molecular flexibility index (Phi) is 6.28. The molecule has 33 heavy (non-hydrogen) atoms. The largest absolute Gasteiger partial charge is 0.395 e. The monoisotopic (exact) mass is 484 g/mol. The Balaban J connectivity index is 1.40. The second-order valence-electron chi connectivity index (χ2n) is 7.68. The van der Waals surface area contributed by atoms with Crippen molar-refractivity contribution in [3.63, 3.8) is 0 Å². The molecule has 0 spiro atoms. The van der Waals surface area contributed by atoms with Crippen molar-refractivity contribution in [1.29, 1.82) is 0 Å². The van der Waals surface area contributed by atoms with Crippen molar-refractivity contribution in [1.82, 2.24) is 29.6 Å². The van der Waals surface area contributed by atoms with E-state index in [1.807, 2.05) is 18.3 Å². The van der Waals surface area contributed by atoms with Gasteiger partial charge in [0.25, 0.3) is 0 Å². The quantitative estimate of drug-likeness (QED) is 0.429. The maximum Gasteiger partial charge on any atom is 0.142 e. The van der Waals surface area contributed by atoms with Crippen molar-refractivity contribution in [3.8, 4) is 5.69 Å². The number of fused-ring (bicyclic) bond motifs is 1. The fraction of sp³-hybridized carbons (Fsp3) is 0.273. The van der Waals surface area contributed by atoms with Gasteiger partial charge < -0.3 is 15.3 Å². The van der Waals surface area contributed by atoms with E-state index in [-0.39, 0.29) is 6.61 Å². The predicted molar refractivity (Wildman–Crippen MR) is 130 cm³/mol. The van der Waals surface area contributed by atoms with Gasteiger partial charge in [-0.2, -0.15) is 5.10 Å². The summed E-state index contributed by atoms with van der Waals surface area (Å²) < 4.78 is 1.67. The van der Waals surface area contributed by atoms with Gasteiger partial charge in [0.15, 0.2) is 0 Å². The predicted octanol–water partition coefficient (Wildman–Crippen LogP) is 3.38. The molecule has 1 saturated heterocycles. The summed E-state index contributed by atoms with van der Waals surface area (Å²) in [5.74, 6) is 2.11. The molecule has 0 aliphatic carbocycles. The Labute approximate surface area is 200 Å². The minimum Gasteiger partial charge on any atom is -0.395 e. The summed E-state index contributed by atoms with van der Waals surface area (Å²) in [5, 5.41) is 18.9. The zero-order valence-electron chi connectivity index (χ0n) is 17.7. The summed E-state index contributed by atoms with van der Waals surface area (Å²) >= 11 is 12.7. The zero-order chi connectivity index (χ0) is 22.8. The molecule has 2 N–H and O–H groups in total. The third-order valence-electron chi connectivity index (χ3n) is 5.61. The molecule has 4 heterocycles. The van der Waals surface area contributed by atoms with E-state index >= 15 is 0 Å². The number of nitrogens with zero attached hydrogens (tertiary/aromatic N) is 7. The SMILES string of the molecule is OCCN1CCN(c2cc(Nc3nccc4nn(-c5c(Cl)cccc5Cl)cc34)ncn2)CC1. The van der Waals surface area contributed by atoms with E-state index < -0.39 is 0 Å². The van der Waals surface area contributed by atoms with Gasteiger partial charge >= 0.3 is 0 Å². The molecule has 9 nitrogen and oxygen atoms in total. The van der Waals surface area contributed by atoms with Gasteiger partial charge in [0.2, 0.25) is 0 Å². The van der Waals surface area contributed by atoms with Gasteiger partial charge in [-0.25, -0.2) is 19.6 Å². The number of aromatic nitrogens is 5. The number of nitrogens with one attached hydrogen (secondary N) is 1. The smallest absolute Gasteiger partial charge is 0.142 e. The first-order valence-electron chi connectivity index (χ1n) is 10.6. The fourth-order valence-electron chi connectivity index (χ4n) is 3.92. The highest BCUT2D eigenvalue weighted by atomic mass is 35.5. The van der Waals surface area contributed by atoms with Crippen LogP contribution in [0.1, 0.15) is 0 Å². The van der Waals surface area contributed by atoms with E-state index in [2.05, 4.69) is 35.2 Å². The van der Waals surface area contributed by atoms with Crippen LogP contribution in [-0.4, -0.2) is 74.1 Å². The lowest BCUT2D eigenvalue weighted by atomic mass is 10.3. The first-order chi connectivity index (χ1) is 16.1. The topological polar surface area (TPSA) is 95.2 Å². The number of halogens is 2. The number of aliphatic hydroxyl groups is 1. The highest BCUT2D eigenvalue weighted by Crippen LogP contribution is 2.31. The highest BCUT2D eigenvalue weighted by molar-refractivity contribution is 6.37. The Hall–Kier alpha value is -2.98. The van der Waals surface area contributed by atoms with Crippen molar-refractivity contribution in [3.05, 3.63) is 59.1 Å². The van der Waals surface area contributed by atoms with E-state index in [1.165, 1.54) is 0 Å². The first kappa shape index (κ1) is 21.8. The maximum absolute atomic E-state index is 9.14. The van der Waals surface area contributed by atoms with Crippen LogP contribution in [0.3, 0.4) is 0 Å². The standard InChI is InChI=1S/C22H22Cl2N8O/c23-16-2-1-3-17(24)21(16)32-13-15-18(29-32)4-5-25-22(15)28-19-12-20(27-14-26-19)31-8-6-30(7-9-31)10-11-33/h1-5,12-14,33H,6-11H2,(H,25,26,27,28). The Bertz CT molecular complexity index is 1250. The van der Waals surface area contributed by atoms with Gasteiger partial charge in [-0.1, -0.05) is 29.3 Å². The van der Waals surface area contributed by atoms with Gasteiger partial charge in [-0.15, -0.1) is 0 Å². The van der Waals surface area contributed by atoms with Crippen LogP contribution in [0, 0.1) is 0 Å². The summed E-state index contributed by atoms with van der Waals surface area (Å²) in [5.41, 5.74) is 1.37. The minimum atomic E-state index is 0.180. The van der Waals surface area contributed by atoms with E-state index in [0.29, 0.717) is 33.9 Å². The molecular formula is C22H22Cl2N8O. The third-order valence-corrected chi connectivity index (χ3v) is 6.22. The second kappa shape index (κ2) is 9.48.